The second kappa shape index (κ2) is 4.92. The molecule has 0 aliphatic carbocycles. The van der Waals surface area contributed by atoms with E-state index in [-0.39, 0.29) is 5.82 Å². The third-order valence-electron chi connectivity index (χ3n) is 1.54. The molecule has 70 valence electrons. The van der Waals surface area contributed by atoms with Crippen LogP contribution in [0.25, 0.3) is 0 Å². The van der Waals surface area contributed by atoms with Crippen LogP contribution in [0.2, 0.25) is 0 Å². The summed E-state index contributed by atoms with van der Waals surface area (Å²) in [5.41, 5.74) is 0. The van der Waals surface area contributed by atoms with Crippen LogP contribution in [0.1, 0.15) is 6.92 Å². The van der Waals surface area contributed by atoms with E-state index in [1.54, 1.807) is 18.2 Å². The van der Waals surface area contributed by atoms with Crippen molar-refractivity contribution in [1.82, 2.24) is 0 Å². The van der Waals surface area contributed by atoms with Gasteiger partial charge in [-0.3, -0.25) is 4.21 Å². The van der Waals surface area contributed by atoms with Gasteiger partial charge in [-0.15, -0.1) is 0 Å². The van der Waals surface area contributed by atoms with Crippen LogP contribution in [0.4, 0.5) is 4.39 Å². The van der Waals surface area contributed by atoms with Crippen molar-refractivity contribution in [1.29, 1.82) is 0 Å². The zero-order chi connectivity index (χ0) is 9.68. The van der Waals surface area contributed by atoms with Crippen molar-refractivity contribution in [3.05, 3.63) is 42.2 Å². The van der Waals surface area contributed by atoms with Crippen LogP contribution in [0.3, 0.4) is 0 Å². The van der Waals surface area contributed by atoms with Gasteiger partial charge in [-0.05, 0) is 25.1 Å². The van der Waals surface area contributed by atoms with Gasteiger partial charge in [0.25, 0.3) is 0 Å². The van der Waals surface area contributed by atoms with Crippen LogP contribution in [0.5, 0.6) is 0 Å². The summed E-state index contributed by atoms with van der Waals surface area (Å²) in [5, 5.41) is 0. The first-order valence-electron chi connectivity index (χ1n) is 3.99. The zero-order valence-corrected chi connectivity index (χ0v) is 8.18. The molecule has 1 nitrogen and oxygen atoms in total. The molecule has 13 heavy (non-hydrogen) atoms. The van der Waals surface area contributed by atoms with Crippen molar-refractivity contribution in [2.75, 3.05) is 5.75 Å². The molecule has 0 radical (unpaired) electrons. The smallest absolute Gasteiger partial charge is 0.124 e. The van der Waals surface area contributed by atoms with E-state index in [4.69, 9.17) is 0 Å². The number of benzene rings is 1. The highest BCUT2D eigenvalue weighted by Crippen LogP contribution is 2.08. The Labute approximate surface area is 79.7 Å². The molecule has 1 atom stereocenters. The Morgan fingerprint density at radius 3 is 2.92 bits per heavy atom. The maximum atomic E-state index is 12.7. The average Bonchev–Trinajstić information content (AvgIpc) is 2.14. The van der Waals surface area contributed by atoms with Gasteiger partial charge < -0.3 is 0 Å². The minimum atomic E-state index is -1.12. The Hall–Kier alpha value is -0.960. The second-order valence-corrected chi connectivity index (χ2v) is 4.03. The van der Waals surface area contributed by atoms with Gasteiger partial charge in [-0.1, -0.05) is 18.2 Å². The lowest BCUT2D eigenvalue weighted by atomic mass is 10.4. The van der Waals surface area contributed by atoms with Crippen molar-refractivity contribution in [3.63, 3.8) is 0 Å². The van der Waals surface area contributed by atoms with Crippen LogP contribution in [-0.2, 0) is 10.8 Å². The Morgan fingerprint density at radius 1 is 1.54 bits per heavy atom. The van der Waals surface area contributed by atoms with E-state index in [0.29, 0.717) is 10.6 Å². The summed E-state index contributed by atoms with van der Waals surface area (Å²) in [6.45, 7) is 1.86. The van der Waals surface area contributed by atoms with E-state index in [1.807, 2.05) is 13.0 Å². The van der Waals surface area contributed by atoms with E-state index in [2.05, 4.69) is 0 Å². The highest BCUT2D eigenvalue weighted by molar-refractivity contribution is 7.85. The van der Waals surface area contributed by atoms with Crippen LogP contribution in [-0.4, -0.2) is 9.96 Å². The highest BCUT2D eigenvalue weighted by Gasteiger charge is 2.01. The predicted octanol–water partition coefficient (Wildman–Crippen LogP) is 2.51. The van der Waals surface area contributed by atoms with Gasteiger partial charge in [0, 0.05) is 10.6 Å². The van der Waals surface area contributed by atoms with Crippen molar-refractivity contribution in [2.45, 2.75) is 11.8 Å². The van der Waals surface area contributed by atoms with Crippen LogP contribution >= 0.6 is 0 Å². The summed E-state index contributed by atoms with van der Waals surface area (Å²) in [4.78, 5) is 0.540. The van der Waals surface area contributed by atoms with Gasteiger partial charge in [-0.25, -0.2) is 4.39 Å². The van der Waals surface area contributed by atoms with E-state index in [0.717, 1.165) is 0 Å². The number of allylic oxidation sites excluding steroid dienone is 1. The lowest BCUT2D eigenvalue weighted by Crippen LogP contribution is -1.95. The Balaban J connectivity index is 2.77. The predicted molar refractivity (Wildman–Crippen MR) is 52.5 cm³/mol. The number of halogens is 1. The Kier molecular flexibility index (Phi) is 3.83. The summed E-state index contributed by atoms with van der Waals surface area (Å²) in [7, 11) is -1.12. The first kappa shape index (κ1) is 10.1. The third-order valence-corrected chi connectivity index (χ3v) is 2.82. The van der Waals surface area contributed by atoms with Crippen molar-refractivity contribution < 1.29 is 8.60 Å². The molecule has 0 aliphatic heterocycles. The average molecular weight is 198 g/mol. The van der Waals surface area contributed by atoms with Gasteiger partial charge in [0.1, 0.15) is 5.82 Å². The largest absolute Gasteiger partial charge is 0.254 e. The van der Waals surface area contributed by atoms with Gasteiger partial charge in [0.05, 0.1) is 10.8 Å². The molecular formula is C10H11FOS. The molecule has 0 aromatic heterocycles. The monoisotopic (exact) mass is 198 g/mol. The first-order valence-corrected chi connectivity index (χ1v) is 5.31. The number of rotatable bonds is 3. The molecule has 1 rings (SSSR count). The molecule has 0 bridgehead atoms. The maximum absolute atomic E-state index is 12.7. The number of hydrogen-bond donors (Lipinski definition) is 0. The second-order valence-electron chi connectivity index (χ2n) is 2.54. The van der Waals surface area contributed by atoms with Crippen molar-refractivity contribution in [3.8, 4) is 0 Å². The molecule has 0 aliphatic rings. The fourth-order valence-electron chi connectivity index (χ4n) is 0.888. The van der Waals surface area contributed by atoms with Gasteiger partial charge in [0.2, 0.25) is 0 Å². The SMILES string of the molecule is C/C=C/CS(=O)c1cccc(F)c1. The molecule has 1 aromatic carbocycles. The van der Waals surface area contributed by atoms with Crippen molar-refractivity contribution in [2.24, 2.45) is 0 Å². The summed E-state index contributed by atoms with van der Waals surface area (Å²) in [5.74, 6) is 0.103. The minimum absolute atomic E-state index is 0.341. The van der Waals surface area contributed by atoms with Crippen LogP contribution < -0.4 is 0 Å². The fraction of sp³-hybridized carbons (Fsp3) is 0.200. The van der Waals surface area contributed by atoms with Gasteiger partial charge in [0.15, 0.2) is 0 Å². The van der Waals surface area contributed by atoms with Gasteiger partial charge in [-0.2, -0.15) is 0 Å². The van der Waals surface area contributed by atoms with Crippen LogP contribution in [0.15, 0.2) is 41.3 Å². The highest BCUT2D eigenvalue weighted by atomic mass is 32.2. The molecule has 3 heteroatoms. The number of hydrogen-bond acceptors (Lipinski definition) is 1. The van der Waals surface area contributed by atoms with Crippen molar-refractivity contribution >= 4 is 10.8 Å². The standard InChI is InChI=1S/C10H11FOS/c1-2-3-7-13(12)10-6-4-5-9(11)8-10/h2-6,8H,7H2,1H3/b3-2+. The summed E-state index contributed by atoms with van der Waals surface area (Å²) < 4.78 is 24.1. The molecule has 1 aromatic rings. The van der Waals surface area contributed by atoms with E-state index < -0.39 is 10.8 Å². The molecular weight excluding hydrogens is 187 g/mol. The lowest BCUT2D eigenvalue weighted by Gasteiger charge is -1.97. The molecule has 0 heterocycles. The molecule has 0 saturated carbocycles. The molecule has 0 amide bonds. The summed E-state index contributed by atoms with van der Waals surface area (Å²) >= 11 is 0. The topological polar surface area (TPSA) is 17.1 Å². The Bertz CT molecular complexity index is 333. The summed E-state index contributed by atoms with van der Waals surface area (Å²) in [6, 6.07) is 5.89. The summed E-state index contributed by atoms with van der Waals surface area (Å²) in [6.07, 6.45) is 3.64. The van der Waals surface area contributed by atoms with E-state index >= 15 is 0 Å². The fourth-order valence-corrected chi connectivity index (χ4v) is 1.92. The normalized spacial score (nSPS) is 13.4. The van der Waals surface area contributed by atoms with Crippen LogP contribution in [0, 0.1) is 5.82 Å². The molecule has 0 fully saturated rings. The minimum Gasteiger partial charge on any atom is -0.254 e. The molecule has 0 saturated heterocycles. The Morgan fingerprint density at radius 2 is 2.31 bits per heavy atom. The molecule has 0 N–H and O–H groups in total. The maximum Gasteiger partial charge on any atom is 0.124 e. The molecule has 0 spiro atoms. The lowest BCUT2D eigenvalue weighted by molar-refractivity contribution is 0.622. The van der Waals surface area contributed by atoms with E-state index in [1.165, 1.54) is 12.1 Å². The zero-order valence-electron chi connectivity index (χ0n) is 7.37. The van der Waals surface area contributed by atoms with E-state index in [9.17, 15) is 8.60 Å². The third kappa shape index (κ3) is 3.11. The quantitative estimate of drug-likeness (QED) is 0.682. The van der Waals surface area contributed by atoms with Gasteiger partial charge >= 0.3 is 0 Å². The molecule has 1 unspecified atom stereocenters. The first-order chi connectivity index (χ1) is 6.24.